The fourth-order valence-corrected chi connectivity index (χ4v) is 3.12. The third-order valence-electron chi connectivity index (χ3n) is 3.55. The van der Waals surface area contributed by atoms with Crippen LogP contribution in [-0.4, -0.2) is 19.1 Å². The number of rotatable bonds is 4. The van der Waals surface area contributed by atoms with E-state index in [9.17, 15) is 4.79 Å². The minimum absolute atomic E-state index is 0.115. The number of nitrogens with one attached hydrogen (secondary N) is 1. The molecule has 1 aliphatic carbocycles. The maximum atomic E-state index is 12.0. The van der Waals surface area contributed by atoms with Crippen molar-refractivity contribution in [3.05, 3.63) is 28.2 Å². The molecular weight excluding hydrogens is 306 g/mol. The van der Waals surface area contributed by atoms with E-state index >= 15 is 0 Å². The Bertz CT molecular complexity index is 442. The number of hydrogen-bond acceptors (Lipinski definition) is 2. The number of benzene rings is 1. The average Bonchev–Trinajstić information content (AvgIpc) is 2.40. The number of hydrogen-bond donors (Lipinski definition) is 1. The van der Waals surface area contributed by atoms with E-state index < -0.39 is 0 Å². The Morgan fingerprint density at radius 3 is 2.74 bits per heavy atom. The van der Waals surface area contributed by atoms with E-state index in [0.29, 0.717) is 12.5 Å². The fraction of sp³-hybridized carbons (Fsp3) is 0.533. The summed E-state index contributed by atoms with van der Waals surface area (Å²) in [6, 6.07) is 6.14. The SMILES string of the molecule is COc1ccc(CC(=O)NC2CCCCC2)cc1Br. The molecule has 1 saturated carbocycles. The molecule has 2 rings (SSSR count). The lowest BCUT2D eigenvalue weighted by molar-refractivity contribution is -0.121. The summed E-state index contributed by atoms with van der Waals surface area (Å²) < 4.78 is 6.07. The molecule has 1 amide bonds. The van der Waals surface area contributed by atoms with Gasteiger partial charge in [0.05, 0.1) is 18.0 Å². The summed E-state index contributed by atoms with van der Waals surface area (Å²) in [5, 5.41) is 3.13. The zero-order chi connectivity index (χ0) is 13.7. The van der Waals surface area contributed by atoms with Crippen LogP contribution in [0.5, 0.6) is 5.75 Å². The first-order chi connectivity index (χ1) is 9.19. The van der Waals surface area contributed by atoms with E-state index in [4.69, 9.17) is 4.74 Å². The van der Waals surface area contributed by atoms with Crippen LogP contribution in [0.2, 0.25) is 0 Å². The largest absolute Gasteiger partial charge is 0.496 e. The number of ether oxygens (including phenoxy) is 1. The normalized spacial score (nSPS) is 16.1. The van der Waals surface area contributed by atoms with Crippen LogP contribution in [0, 0.1) is 0 Å². The van der Waals surface area contributed by atoms with Gasteiger partial charge in [-0.2, -0.15) is 0 Å². The molecule has 0 spiro atoms. The van der Waals surface area contributed by atoms with Gasteiger partial charge in [-0.1, -0.05) is 25.3 Å². The molecule has 104 valence electrons. The zero-order valence-electron chi connectivity index (χ0n) is 11.2. The van der Waals surface area contributed by atoms with Crippen molar-refractivity contribution in [1.29, 1.82) is 0 Å². The summed E-state index contributed by atoms with van der Waals surface area (Å²) in [6.45, 7) is 0. The first kappa shape index (κ1) is 14.4. The van der Waals surface area contributed by atoms with Gasteiger partial charge in [0.25, 0.3) is 0 Å². The molecule has 0 saturated heterocycles. The predicted molar refractivity (Wildman–Crippen MR) is 79.4 cm³/mol. The molecular formula is C15H20BrNO2. The molecule has 1 aromatic rings. The number of carbonyl (C=O) groups excluding carboxylic acids is 1. The van der Waals surface area contributed by atoms with Gasteiger partial charge >= 0.3 is 0 Å². The molecule has 4 heteroatoms. The summed E-state index contributed by atoms with van der Waals surface area (Å²) in [5.41, 5.74) is 1.00. The van der Waals surface area contributed by atoms with Crippen LogP contribution in [0.1, 0.15) is 37.7 Å². The summed E-state index contributed by atoms with van der Waals surface area (Å²) in [7, 11) is 1.63. The first-order valence-electron chi connectivity index (χ1n) is 6.81. The molecule has 0 unspecified atom stereocenters. The molecule has 1 N–H and O–H groups in total. The van der Waals surface area contributed by atoms with Gasteiger partial charge < -0.3 is 10.1 Å². The number of carbonyl (C=O) groups is 1. The lowest BCUT2D eigenvalue weighted by atomic mass is 9.95. The highest BCUT2D eigenvalue weighted by Gasteiger charge is 2.16. The lowest BCUT2D eigenvalue weighted by Gasteiger charge is -2.22. The molecule has 1 aromatic carbocycles. The van der Waals surface area contributed by atoms with Gasteiger partial charge in [0.15, 0.2) is 0 Å². The van der Waals surface area contributed by atoms with E-state index in [2.05, 4.69) is 21.2 Å². The Morgan fingerprint density at radius 1 is 1.37 bits per heavy atom. The van der Waals surface area contributed by atoms with E-state index in [-0.39, 0.29) is 5.91 Å². The first-order valence-corrected chi connectivity index (χ1v) is 7.60. The third-order valence-corrected chi connectivity index (χ3v) is 4.17. The Morgan fingerprint density at radius 2 is 2.11 bits per heavy atom. The second-order valence-electron chi connectivity index (χ2n) is 5.05. The average molecular weight is 326 g/mol. The van der Waals surface area contributed by atoms with Gasteiger partial charge in [-0.15, -0.1) is 0 Å². The zero-order valence-corrected chi connectivity index (χ0v) is 12.8. The predicted octanol–water partition coefficient (Wildman–Crippen LogP) is 3.45. The van der Waals surface area contributed by atoms with Crippen molar-refractivity contribution >= 4 is 21.8 Å². The molecule has 0 aromatic heterocycles. The molecule has 0 bridgehead atoms. The van der Waals surface area contributed by atoms with Crippen LogP contribution in [0.3, 0.4) is 0 Å². The maximum Gasteiger partial charge on any atom is 0.224 e. The summed E-state index contributed by atoms with van der Waals surface area (Å²) in [6.07, 6.45) is 6.45. The fourth-order valence-electron chi connectivity index (χ4n) is 2.53. The van der Waals surface area contributed by atoms with Crippen molar-refractivity contribution in [2.45, 2.75) is 44.6 Å². The van der Waals surface area contributed by atoms with Gasteiger partial charge in [0.2, 0.25) is 5.91 Å². The summed E-state index contributed by atoms with van der Waals surface area (Å²) >= 11 is 3.44. The molecule has 19 heavy (non-hydrogen) atoms. The molecule has 1 fully saturated rings. The summed E-state index contributed by atoms with van der Waals surface area (Å²) in [5.74, 6) is 0.903. The van der Waals surface area contributed by atoms with E-state index in [0.717, 1.165) is 28.6 Å². The van der Waals surface area contributed by atoms with Crippen LogP contribution < -0.4 is 10.1 Å². The molecule has 0 atom stereocenters. The number of methoxy groups -OCH3 is 1. The standard InChI is InChI=1S/C15H20BrNO2/c1-19-14-8-7-11(9-13(14)16)10-15(18)17-12-5-3-2-4-6-12/h7-9,12H,2-6,10H2,1H3,(H,17,18). The van der Waals surface area contributed by atoms with Crippen molar-refractivity contribution in [1.82, 2.24) is 5.32 Å². The van der Waals surface area contributed by atoms with Crippen molar-refractivity contribution in [3.63, 3.8) is 0 Å². The highest BCUT2D eigenvalue weighted by molar-refractivity contribution is 9.10. The van der Waals surface area contributed by atoms with Crippen LogP contribution in [0.15, 0.2) is 22.7 Å². The Kier molecular flexibility index (Phi) is 5.25. The van der Waals surface area contributed by atoms with E-state index in [1.165, 1.54) is 19.3 Å². The smallest absolute Gasteiger partial charge is 0.224 e. The van der Waals surface area contributed by atoms with Crippen molar-refractivity contribution in [2.75, 3.05) is 7.11 Å². The van der Waals surface area contributed by atoms with Gasteiger partial charge in [-0.25, -0.2) is 0 Å². The second kappa shape index (κ2) is 6.94. The minimum Gasteiger partial charge on any atom is -0.496 e. The molecule has 0 radical (unpaired) electrons. The maximum absolute atomic E-state index is 12.0. The topological polar surface area (TPSA) is 38.3 Å². The Hall–Kier alpha value is -1.03. The van der Waals surface area contributed by atoms with E-state index in [1.54, 1.807) is 7.11 Å². The summed E-state index contributed by atoms with van der Waals surface area (Å²) in [4.78, 5) is 12.0. The second-order valence-corrected chi connectivity index (χ2v) is 5.90. The van der Waals surface area contributed by atoms with E-state index in [1.807, 2.05) is 18.2 Å². The van der Waals surface area contributed by atoms with Crippen LogP contribution in [0.25, 0.3) is 0 Å². The van der Waals surface area contributed by atoms with Crippen LogP contribution in [-0.2, 0) is 11.2 Å². The molecule has 3 nitrogen and oxygen atoms in total. The minimum atomic E-state index is 0.115. The number of halogens is 1. The lowest BCUT2D eigenvalue weighted by Crippen LogP contribution is -2.37. The van der Waals surface area contributed by atoms with Gasteiger partial charge in [-0.3, -0.25) is 4.79 Å². The molecule has 0 aliphatic heterocycles. The van der Waals surface area contributed by atoms with Crippen LogP contribution >= 0.6 is 15.9 Å². The van der Waals surface area contributed by atoms with Crippen molar-refractivity contribution in [3.8, 4) is 5.75 Å². The monoisotopic (exact) mass is 325 g/mol. The van der Waals surface area contributed by atoms with Crippen LogP contribution in [0.4, 0.5) is 0 Å². The van der Waals surface area contributed by atoms with Gasteiger partial charge in [0, 0.05) is 6.04 Å². The third kappa shape index (κ3) is 4.23. The quantitative estimate of drug-likeness (QED) is 0.920. The Labute approximate surface area is 122 Å². The van der Waals surface area contributed by atoms with Crippen molar-refractivity contribution < 1.29 is 9.53 Å². The Balaban J connectivity index is 1.89. The van der Waals surface area contributed by atoms with Gasteiger partial charge in [-0.05, 0) is 46.5 Å². The van der Waals surface area contributed by atoms with Crippen molar-refractivity contribution in [2.24, 2.45) is 0 Å². The highest BCUT2D eigenvalue weighted by Crippen LogP contribution is 2.25. The number of amides is 1. The molecule has 1 aliphatic rings. The highest BCUT2D eigenvalue weighted by atomic mass is 79.9. The molecule has 0 heterocycles. The van der Waals surface area contributed by atoms with Gasteiger partial charge in [0.1, 0.15) is 5.75 Å².